The van der Waals surface area contributed by atoms with Crippen molar-refractivity contribution in [3.8, 4) is 0 Å². The predicted molar refractivity (Wildman–Crippen MR) is 66.8 cm³/mol. The van der Waals surface area contributed by atoms with E-state index in [0.717, 1.165) is 0 Å². The Morgan fingerprint density at radius 3 is 2.85 bits per heavy atom. The number of aliphatic hydroxyl groups excluding tert-OH is 1. The minimum Gasteiger partial charge on any atom is -0.480 e. The van der Waals surface area contributed by atoms with E-state index in [0.29, 0.717) is 17.0 Å². The number of aliphatic hydroxyl groups is 1. The molecule has 0 aliphatic rings. The fourth-order valence-electron chi connectivity index (χ4n) is 1.49. The van der Waals surface area contributed by atoms with Crippen LogP contribution in [0.5, 0.6) is 0 Å². The van der Waals surface area contributed by atoms with Gasteiger partial charge in [0.2, 0.25) is 5.91 Å². The van der Waals surface area contributed by atoms with E-state index in [9.17, 15) is 9.59 Å². The fraction of sp³-hybridized carbons (Fsp3) is 0.300. The quantitative estimate of drug-likeness (QED) is 0.421. The van der Waals surface area contributed by atoms with Crippen LogP contribution in [-0.2, 0) is 9.59 Å². The molecular weight excluding hydrogens is 268 g/mol. The Hall–Kier alpha value is -2.75. The zero-order chi connectivity index (χ0) is 14.5. The Bertz CT molecular complexity index is 627. The van der Waals surface area contributed by atoms with Gasteiger partial charge in [0.1, 0.15) is 17.9 Å². The number of carbonyl (C=O) groups excluding carboxylic acids is 1. The van der Waals surface area contributed by atoms with Gasteiger partial charge in [0.05, 0.1) is 19.5 Å². The average molecular weight is 280 g/mol. The molecule has 10 nitrogen and oxygen atoms in total. The van der Waals surface area contributed by atoms with Gasteiger partial charge in [0, 0.05) is 0 Å². The number of carbonyl (C=O) groups is 2. The number of rotatable bonds is 6. The van der Waals surface area contributed by atoms with E-state index in [1.54, 1.807) is 0 Å². The maximum atomic E-state index is 11.5. The molecule has 2 aromatic heterocycles. The van der Waals surface area contributed by atoms with E-state index in [4.69, 9.17) is 10.2 Å². The Balaban J connectivity index is 1.96. The highest BCUT2D eigenvalue weighted by molar-refractivity contribution is 5.88. The molecule has 0 spiro atoms. The van der Waals surface area contributed by atoms with Crippen LogP contribution in [0.15, 0.2) is 12.7 Å². The minimum atomic E-state index is -1.33. The first kappa shape index (κ1) is 13.7. The van der Waals surface area contributed by atoms with E-state index >= 15 is 0 Å². The molecular formula is C10H12N6O4. The topological polar surface area (TPSA) is 153 Å². The molecule has 0 radical (unpaired) electrons. The first-order valence-corrected chi connectivity index (χ1v) is 5.62. The van der Waals surface area contributed by atoms with Gasteiger partial charge in [0.25, 0.3) is 0 Å². The zero-order valence-corrected chi connectivity index (χ0v) is 10.2. The first-order chi connectivity index (χ1) is 9.61. The predicted octanol–water partition coefficient (Wildman–Crippen LogP) is -1.67. The molecule has 2 heterocycles. The highest BCUT2D eigenvalue weighted by atomic mass is 16.4. The molecule has 0 aliphatic heterocycles. The molecule has 106 valence electrons. The first-order valence-electron chi connectivity index (χ1n) is 5.62. The second-order valence-electron chi connectivity index (χ2n) is 3.82. The summed E-state index contributed by atoms with van der Waals surface area (Å²) in [5.74, 6) is -1.52. The van der Waals surface area contributed by atoms with Gasteiger partial charge in [-0.05, 0) is 0 Å². The number of aromatic nitrogens is 4. The number of nitrogens with zero attached hydrogens (tertiary/aromatic N) is 3. The van der Waals surface area contributed by atoms with E-state index in [2.05, 4.69) is 30.6 Å². The van der Waals surface area contributed by atoms with E-state index < -0.39 is 24.5 Å². The van der Waals surface area contributed by atoms with Crippen LogP contribution in [0.1, 0.15) is 0 Å². The number of H-pyrrole nitrogens is 1. The maximum Gasteiger partial charge on any atom is 0.328 e. The van der Waals surface area contributed by atoms with Crippen LogP contribution in [0, 0.1) is 0 Å². The second kappa shape index (κ2) is 5.93. The molecule has 0 saturated heterocycles. The lowest BCUT2D eigenvalue weighted by atomic mass is 10.3. The number of aliphatic carboxylic acids is 1. The van der Waals surface area contributed by atoms with Crippen molar-refractivity contribution < 1.29 is 19.8 Å². The Morgan fingerprint density at radius 1 is 1.35 bits per heavy atom. The summed E-state index contributed by atoms with van der Waals surface area (Å²) in [6.07, 6.45) is 2.73. The van der Waals surface area contributed by atoms with Crippen LogP contribution < -0.4 is 10.6 Å². The van der Waals surface area contributed by atoms with Crippen LogP contribution in [-0.4, -0.2) is 61.2 Å². The van der Waals surface area contributed by atoms with Gasteiger partial charge in [-0.3, -0.25) is 4.79 Å². The fourth-order valence-corrected chi connectivity index (χ4v) is 1.49. The summed E-state index contributed by atoms with van der Waals surface area (Å²) in [7, 11) is 0. The zero-order valence-electron chi connectivity index (χ0n) is 10.2. The number of hydrogen-bond donors (Lipinski definition) is 5. The lowest BCUT2D eigenvalue weighted by Gasteiger charge is -2.12. The molecule has 2 rings (SSSR count). The van der Waals surface area contributed by atoms with Crippen molar-refractivity contribution in [2.75, 3.05) is 18.5 Å². The molecule has 2 aromatic rings. The van der Waals surface area contributed by atoms with Crippen LogP contribution >= 0.6 is 0 Å². The number of anilines is 1. The monoisotopic (exact) mass is 280 g/mol. The molecule has 5 N–H and O–H groups in total. The third-order valence-electron chi connectivity index (χ3n) is 2.46. The summed E-state index contributed by atoms with van der Waals surface area (Å²) in [6, 6.07) is -1.33. The summed E-state index contributed by atoms with van der Waals surface area (Å²) < 4.78 is 0. The highest BCUT2D eigenvalue weighted by Gasteiger charge is 2.18. The third kappa shape index (κ3) is 2.98. The summed E-state index contributed by atoms with van der Waals surface area (Å²) in [4.78, 5) is 36.8. The minimum absolute atomic E-state index is 0.199. The van der Waals surface area contributed by atoms with Gasteiger partial charge in [-0.25, -0.2) is 19.7 Å². The third-order valence-corrected chi connectivity index (χ3v) is 2.46. The van der Waals surface area contributed by atoms with Gasteiger partial charge in [0.15, 0.2) is 11.5 Å². The molecule has 0 saturated carbocycles. The van der Waals surface area contributed by atoms with E-state index in [1.807, 2.05) is 0 Å². The number of nitrogens with one attached hydrogen (secondary N) is 3. The molecule has 0 unspecified atom stereocenters. The molecule has 1 atom stereocenters. The number of carboxylic acid groups (broad SMARTS) is 1. The van der Waals surface area contributed by atoms with Crippen LogP contribution in [0.4, 0.5) is 5.82 Å². The summed E-state index contributed by atoms with van der Waals surface area (Å²) >= 11 is 0. The van der Waals surface area contributed by atoms with Crippen molar-refractivity contribution in [1.82, 2.24) is 25.3 Å². The van der Waals surface area contributed by atoms with Crippen molar-refractivity contribution in [1.29, 1.82) is 0 Å². The number of hydrogen-bond acceptors (Lipinski definition) is 7. The molecule has 0 fully saturated rings. The summed E-state index contributed by atoms with van der Waals surface area (Å²) in [5.41, 5.74) is 0.985. The Labute approximate surface area is 112 Å². The smallest absolute Gasteiger partial charge is 0.328 e. The molecule has 10 heteroatoms. The van der Waals surface area contributed by atoms with Crippen molar-refractivity contribution >= 4 is 28.9 Å². The number of imidazole rings is 1. The number of amides is 1. The van der Waals surface area contributed by atoms with E-state index in [-0.39, 0.29) is 6.54 Å². The van der Waals surface area contributed by atoms with Gasteiger partial charge in [-0.1, -0.05) is 0 Å². The lowest BCUT2D eigenvalue weighted by Crippen LogP contribution is -2.45. The molecule has 1 amide bonds. The molecule has 0 aromatic carbocycles. The van der Waals surface area contributed by atoms with Crippen molar-refractivity contribution in [2.24, 2.45) is 0 Å². The van der Waals surface area contributed by atoms with Gasteiger partial charge < -0.3 is 25.8 Å². The Kier molecular flexibility index (Phi) is 4.05. The second-order valence-corrected chi connectivity index (χ2v) is 3.82. The van der Waals surface area contributed by atoms with Crippen molar-refractivity contribution in [3.05, 3.63) is 12.7 Å². The van der Waals surface area contributed by atoms with Crippen LogP contribution in [0.2, 0.25) is 0 Å². The molecule has 0 bridgehead atoms. The molecule has 20 heavy (non-hydrogen) atoms. The number of aromatic amines is 1. The summed E-state index contributed by atoms with van der Waals surface area (Å²) in [5, 5.41) is 22.4. The lowest BCUT2D eigenvalue weighted by molar-refractivity contribution is -0.142. The molecule has 0 aliphatic carbocycles. The van der Waals surface area contributed by atoms with Crippen molar-refractivity contribution in [3.63, 3.8) is 0 Å². The largest absolute Gasteiger partial charge is 0.480 e. The standard InChI is InChI=1S/C10H12N6O4/c17-2-5(10(19)20)16-6(18)1-11-8-7-9(13-3-12-7)15-4-14-8/h3-5,17H,1-2H2,(H,16,18)(H,19,20)(H2,11,12,13,14,15)/t5-/m0/s1. The number of fused-ring (bicyclic) bond motifs is 1. The van der Waals surface area contributed by atoms with Crippen LogP contribution in [0.25, 0.3) is 11.2 Å². The van der Waals surface area contributed by atoms with Gasteiger partial charge in [-0.2, -0.15) is 0 Å². The highest BCUT2D eigenvalue weighted by Crippen LogP contribution is 2.13. The SMILES string of the molecule is O=C(CNc1ncnc2nc[nH]c12)N[C@@H](CO)C(=O)O. The normalized spacial score (nSPS) is 12.1. The van der Waals surface area contributed by atoms with E-state index in [1.165, 1.54) is 12.7 Å². The van der Waals surface area contributed by atoms with Crippen molar-refractivity contribution in [2.45, 2.75) is 6.04 Å². The van der Waals surface area contributed by atoms with Gasteiger partial charge >= 0.3 is 5.97 Å². The number of carboxylic acids is 1. The Morgan fingerprint density at radius 2 is 2.15 bits per heavy atom. The van der Waals surface area contributed by atoms with Gasteiger partial charge in [-0.15, -0.1) is 0 Å². The van der Waals surface area contributed by atoms with Crippen LogP contribution in [0.3, 0.4) is 0 Å². The maximum absolute atomic E-state index is 11.5. The summed E-state index contributed by atoms with van der Waals surface area (Å²) in [6.45, 7) is -0.881. The average Bonchev–Trinajstić information content (AvgIpc) is 2.91.